The molecule has 112 valence electrons. The Morgan fingerprint density at radius 2 is 2.10 bits per heavy atom. The fraction of sp³-hybridized carbons (Fsp3) is 0.231. The summed E-state index contributed by atoms with van der Waals surface area (Å²) in [7, 11) is -3.83. The number of carbonyl (C=O) groups is 1. The number of pyridine rings is 1. The number of hydrogen-bond acceptors (Lipinski definition) is 6. The summed E-state index contributed by atoms with van der Waals surface area (Å²) in [5.74, 6) is -0.352. The number of nitrogens with zero attached hydrogens (tertiary/aromatic N) is 1. The fourth-order valence-corrected chi connectivity index (χ4v) is 3.44. The number of carbonyl (C=O) groups excluding carboxylic acids is 1. The minimum atomic E-state index is -3.83. The molecule has 0 saturated carbocycles. The van der Waals surface area contributed by atoms with Gasteiger partial charge in [0.2, 0.25) is 5.88 Å². The Morgan fingerprint density at radius 3 is 2.62 bits per heavy atom. The van der Waals surface area contributed by atoms with Gasteiger partial charge in [-0.25, -0.2) is 18.1 Å². The Labute approximate surface area is 126 Å². The predicted molar refractivity (Wildman–Crippen MR) is 79.0 cm³/mol. The summed E-state index contributed by atoms with van der Waals surface area (Å²) in [4.78, 5) is 15.9. The summed E-state index contributed by atoms with van der Waals surface area (Å²) in [6.07, 6.45) is 1.24. The number of hydrogen-bond donors (Lipinski definition) is 1. The maximum absolute atomic E-state index is 11.9. The van der Waals surface area contributed by atoms with Gasteiger partial charge in [0.15, 0.2) is 0 Å². The van der Waals surface area contributed by atoms with E-state index in [2.05, 4.69) is 4.98 Å². The Morgan fingerprint density at radius 1 is 1.33 bits per heavy atom. The highest BCUT2D eigenvalue weighted by atomic mass is 32.2. The first kappa shape index (κ1) is 15.5. The number of ether oxygens (including phenoxy) is 1. The second kappa shape index (κ2) is 6.23. The molecule has 1 amide bonds. The highest BCUT2D eigenvalue weighted by Crippen LogP contribution is 2.16. The molecule has 6 nitrogen and oxygen atoms in total. The molecule has 0 bridgehead atoms. The maximum Gasteiger partial charge on any atom is 0.273 e. The van der Waals surface area contributed by atoms with E-state index in [4.69, 9.17) is 4.74 Å². The molecule has 0 aliphatic heterocycles. The average molecular weight is 326 g/mol. The van der Waals surface area contributed by atoms with Crippen molar-refractivity contribution in [1.82, 2.24) is 9.71 Å². The average Bonchev–Trinajstić information content (AvgIpc) is 2.93. The number of amides is 1. The topological polar surface area (TPSA) is 85.4 Å². The van der Waals surface area contributed by atoms with Crippen molar-refractivity contribution >= 4 is 27.3 Å². The molecule has 2 heterocycles. The van der Waals surface area contributed by atoms with Gasteiger partial charge in [-0.2, -0.15) is 0 Å². The van der Waals surface area contributed by atoms with Crippen LogP contribution >= 0.6 is 11.3 Å². The number of aromatic nitrogens is 1. The molecule has 0 aromatic carbocycles. The van der Waals surface area contributed by atoms with Crippen LogP contribution in [0, 0.1) is 0 Å². The van der Waals surface area contributed by atoms with Crippen molar-refractivity contribution in [2.24, 2.45) is 0 Å². The summed E-state index contributed by atoms with van der Waals surface area (Å²) in [5.41, 5.74) is 0.145. The lowest BCUT2D eigenvalue weighted by Gasteiger charge is -2.09. The van der Waals surface area contributed by atoms with E-state index in [-0.39, 0.29) is 15.9 Å². The summed E-state index contributed by atoms with van der Waals surface area (Å²) >= 11 is 1.04. The monoisotopic (exact) mass is 326 g/mol. The zero-order chi connectivity index (χ0) is 15.5. The quantitative estimate of drug-likeness (QED) is 0.909. The third-order valence-electron chi connectivity index (χ3n) is 2.34. The van der Waals surface area contributed by atoms with E-state index in [1.165, 1.54) is 24.4 Å². The third kappa shape index (κ3) is 4.02. The van der Waals surface area contributed by atoms with E-state index in [9.17, 15) is 13.2 Å². The summed E-state index contributed by atoms with van der Waals surface area (Å²) in [6, 6.07) is 6.01. The predicted octanol–water partition coefficient (Wildman–Crippen LogP) is 2.05. The van der Waals surface area contributed by atoms with E-state index in [1.54, 1.807) is 11.4 Å². The first-order valence-electron chi connectivity index (χ1n) is 6.12. The van der Waals surface area contributed by atoms with Gasteiger partial charge in [-0.1, -0.05) is 6.07 Å². The second-order valence-electron chi connectivity index (χ2n) is 4.42. The van der Waals surface area contributed by atoms with E-state index >= 15 is 0 Å². The number of thiophene rings is 1. The zero-order valence-electron chi connectivity index (χ0n) is 11.4. The molecule has 1 N–H and O–H groups in total. The van der Waals surface area contributed by atoms with Crippen molar-refractivity contribution in [3.63, 3.8) is 0 Å². The number of rotatable bonds is 5. The molecule has 0 aliphatic rings. The van der Waals surface area contributed by atoms with Gasteiger partial charge in [0.05, 0.1) is 11.7 Å². The molecule has 0 atom stereocenters. The molecule has 0 unspecified atom stereocenters. The van der Waals surface area contributed by atoms with Crippen LogP contribution in [0.5, 0.6) is 5.88 Å². The van der Waals surface area contributed by atoms with Crippen LogP contribution in [0.2, 0.25) is 0 Å². The van der Waals surface area contributed by atoms with Crippen LogP contribution in [-0.4, -0.2) is 25.4 Å². The first-order chi connectivity index (χ1) is 9.88. The van der Waals surface area contributed by atoms with Gasteiger partial charge in [-0.15, -0.1) is 11.3 Å². The normalized spacial score (nSPS) is 11.4. The van der Waals surface area contributed by atoms with Gasteiger partial charge in [0.25, 0.3) is 15.9 Å². The lowest BCUT2D eigenvalue weighted by molar-refractivity contribution is 0.0981. The Hall–Kier alpha value is -1.93. The molecule has 8 heteroatoms. The molecule has 0 fully saturated rings. The molecule has 2 aromatic rings. The van der Waals surface area contributed by atoms with E-state index in [0.717, 1.165) is 11.3 Å². The third-order valence-corrected chi connectivity index (χ3v) is 5.07. The highest BCUT2D eigenvalue weighted by Gasteiger charge is 2.19. The number of nitrogens with one attached hydrogen (secondary N) is 1. The van der Waals surface area contributed by atoms with Crippen molar-refractivity contribution in [1.29, 1.82) is 0 Å². The zero-order valence-corrected chi connectivity index (χ0v) is 13.1. The second-order valence-corrected chi connectivity index (χ2v) is 7.28. The molecule has 0 spiro atoms. The molecule has 0 radical (unpaired) electrons. The van der Waals surface area contributed by atoms with Gasteiger partial charge in [0.1, 0.15) is 4.21 Å². The largest absolute Gasteiger partial charge is 0.475 e. The van der Waals surface area contributed by atoms with Gasteiger partial charge in [-0.05, 0) is 31.4 Å². The molecular formula is C13H14N2O4S2. The Balaban J connectivity index is 2.10. The van der Waals surface area contributed by atoms with E-state index in [1.807, 2.05) is 18.6 Å². The standard InChI is InChI=1S/C13H14N2O4S2/c1-9(2)19-11-6-5-10(8-14-11)13(16)15-21(17,18)12-4-3-7-20-12/h3-9H,1-2H3,(H,15,16). The highest BCUT2D eigenvalue weighted by molar-refractivity contribution is 7.92. The van der Waals surface area contributed by atoms with Crippen molar-refractivity contribution in [2.75, 3.05) is 0 Å². The van der Waals surface area contributed by atoms with Crippen LogP contribution in [-0.2, 0) is 10.0 Å². The minimum Gasteiger partial charge on any atom is -0.475 e. The van der Waals surface area contributed by atoms with Crippen molar-refractivity contribution in [3.05, 3.63) is 41.4 Å². The molecule has 0 aliphatic carbocycles. The SMILES string of the molecule is CC(C)Oc1ccc(C(=O)NS(=O)(=O)c2cccs2)cn1. The van der Waals surface area contributed by atoms with Crippen molar-refractivity contribution < 1.29 is 17.9 Å². The summed E-state index contributed by atoms with van der Waals surface area (Å²) in [6.45, 7) is 3.71. The van der Waals surface area contributed by atoms with Crippen LogP contribution in [0.15, 0.2) is 40.1 Å². The fourth-order valence-electron chi connectivity index (χ4n) is 1.47. The van der Waals surface area contributed by atoms with Crippen LogP contribution in [0.25, 0.3) is 0 Å². The van der Waals surface area contributed by atoms with E-state index in [0.29, 0.717) is 5.88 Å². The summed E-state index contributed by atoms with van der Waals surface area (Å²) < 4.78 is 31.3. The van der Waals surface area contributed by atoms with Gasteiger partial charge >= 0.3 is 0 Å². The Bertz CT molecular complexity index is 707. The van der Waals surface area contributed by atoms with Gasteiger partial charge in [-0.3, -0.25) is 4.79 Å². The lowest BCUT2D eigenvalue weighted by Crippen LogP contribution is -2.30. The molecule has 2 aromatic heterocycles. The molecule has 2 rings (SSSR count). The molecule has 0 saturated heterocycles. The van der Waals surface area contributed by atoms with Gasteiger partial charge in [0, 0.05) is 12.3 Å². The minimum absolute atomic E-state index is 0.0311. The number of sulfonamides is 1. The molecular weight excluding hydrogens is 312 g/mol. The van der Waals surface area contributed by atoms with Crippen molar-refractivity contribution in [3.8, 4) is 5.88 Å². The van der Waals surface area contributed by atoms with Crippen LogP contribution in [0.3, 0.4) is 0 Å². The van der Waals surface area contributed by atoms with Crippen LogP contribution < -0.4 is 9.46 Å². The van der Waals surface area contributed by atoms with Gasteiger partial charge < -0.3 is 4.74 Å². The first-order valence-corrected chi connectivity index (χ1v) is 8.48. The van der Waals surface area contributed by atoms with Crippen molar-refractivity contribution in [2.45, 2.75) is 24.2 Å². The van der Waals surface area contributed by atoms with Crippen LogP contribution in [0.4, 0.5) is 0 Å². The smallest absolute Gasteiger partial charge is 0.273 e. The lowest BCUT2D eigenvalue weighted by atomic mass is 10.3. The van der Waals surface area contributed by atoms with Crippen LogP contribution in [0.1, 0.15) is 24.2 Å². The molecule has 21 heavy (non-hydrogen) atoms. The summed E-state index contributed by atoms with van der Waals surface area (Å²) in [5, 5.41) is 1.62. The maximum atomic E-state index is 11.9. The Kier molecular flexibility index (Phi) is 4.59. The van der Waals surface area contributed by atoms with E-state index < -0.39 is 15.9 Å².